The summed E-state index contributed by atoms with van der Waals surface area (Å²) in [7, 11) is 0. The first-order valence-electron chi connectivity index (χ1n) is 7.29. The third-order valence-corrected chi connectivity index (χ3v) is 3.34. The van der Waals surface area contributed by atoms with Gasteiger partial charge in [0.2, 0.25) is 5.91 Å². The van der Waals surface area contributed by atoms with Crippen LogP contribution in [0.4, 0.5) is 5.82 Å². The van der Waals surface area contributed by atoms with E-state index in [9.17, 15) is 9.59 Å². The van der Waals surface area contributed by atoms with Crippen molar-refractivity contribution in [3.05, 3.63) is 60.4 Å². The minimum Gasteiger partial charge on any atom is -0.351 e. The predicted molar refractivity (Wildman–Crippen MR) is 88.1 cm³/mol. The number of hydrogen-bond donors (Lipinski definition) is 3. The van der Waals surface area contributed by atoms with Gasteiger partial charge in [-0.3, -0.25) is 9.59 Å². The summed E-state index contributed by atoms with van der Waals surface area (Å²) in [5.41, 5.74) is 1.39. The molecule has 1 aromatic carbocycles. The van der Waals surface area contributed by atoms with Crippen molar-refractivity contribution in [2.45, 2.75) is 6.42 Å². The van der Waals surface area contributed by atoms with Crippen molar-refractivity contribution in [2.24, 2.45) is 0 Å². The molecule has 23 heavy (non-hydrogen) atoms. The summed E-state index contributed by atoms with van der Waals surface area (Å²) in [5, 5.41) is 6.37. The zero-order valence-electron chi connectivity index (χ0n) is 12.4. The van der Waals surface area contributed by atoms with Crippen LogP contribution in [0, 0.1) is 0 Å². The summed E-state index contributed by atoms with van der Waals surface area (Å²) in [6.07, 6.45) is 1.79. The number of para-hydroxylation sites is 1. The Morgan fingerprint density at radius 1 is 1.09 bits per heavy atom. The van der Waals surface area contributed by atoms with Gasteiger partial charge in [0, 0.05) is 30.1 Å². The van der Waals surface area contributed by atoms with Crippen LogP contribution in [0.5, 0.6) is 0 Å². The van der Waals surface area contributed by atoms with Crippen molar-refractivity contribution in [1.29, 1.82) is 0 Å². The standard InChI is InChI=1S/C17H16N4O2/c22-16(21-15-7-3-4-9-18-15)8-10-19-17(23)14-11-12-5-1-2-6-13(12)20-14/h1-7,9,11,20H,8,10H2,(H,19,23)(H,18,21,22). The quantitative estimate of drug-likeness (QED) is 0.676. The summed E-state index contributed by atoms with van der Waals surface area (Å²) in [6, 6.07) is 14.7. The molecule has 3 aromatic rings. The van der Waals surface area contributed by atoms with Gasteiger partial charge < -0.3 is 15.6 Å². The maximum Gasteiger partial charge on any atom is 0.267 e. The minimum atomic E-state index is -0.230. The average molecular weight is 308 g/mol. The van der Waals surface area contributed by atoms with Crippen molar-refractivity contribution >= 4 is 28.5 Å². The summed E-state index contributed by atoms with van der Waals surface area (Å²) in [4.78, 5) is 30.9. The Bertz CT molecular complexity index is 794. The summed E-state index contributed by atoms with van der Waals surface area (Å²) >= 11 is 0. The van der Waals surface area contributed by atoms with E-state index < -0.39 is 0 Å². The monoisotopic (exact) mass is 308 g/mol. The van der Waals surface area contributed by atoms with Crippen LogP contribution in [0.2, 0.25) is 0 Å². The average Bonchev–Trinajstić information content (AvgIpc) is 3.00. The molecule has 0 aliphatic heterocycles. The fraction of sp³-hybridized carbons (Fsp3) is 0.118. The largest absolute Gasteiger partial charge is 0.351 e. The number of hydrogen-bond acceptors (Lipinski definition) is 3. The Morgan fingerprint density at radius 2 is 1.91 bits per heavy atom. The van der Waals surface area contributed by atoms with Gasteiger partial charge in [-0.05, 0) is 24.3 Å². The van der Waals surface area contributed by atoms with Gasteiger partial charge in [-0.15, -0.1) is 0 Å². The van der Waals surface area contributed by atoms with E-state index in [-0.39, 0.29) is 24.8 Å². The van der Waals surface area contributed by atoms with Crippen molar-refractivity contribution in [2.75, 3.05) is 11.9 Å². The second kappa shape index (κ2) is 6.74. The number of pyridine rings is 1. The number of carbonyl (C=O) groups excluding carboxylic acids is 2. The minimum absolute atomic E-state index is 0.183. The van der Waals surface area contributed by atoms with Gasteiger partial charge in [0.1, 0.15) is 11.5 Å². The lowest BCUT2D eigenvalue weighted by Crippen LogP contribution is -2.28. The SMILES string of the molecule is O=C(CCNC(=O)c1cc2ccccc2[nH]1)Nc1ccccn1. The number of anilines is 1. The van der Waals surface area contributed by atoms with Crippen molar-refractivity contribution in [3.63, 3.8) is 0 Å². The first kappa shape index (κ1) is 14.8. The zero-order valence-corrected chi connectivity index (χ0v) is 12.4. The highest BCUT2D eigenvalue weighted by atomic mass is 16.2. The highest BCUT2D eigenvalue weighted by Crippen LogP contribution is 2.14. The van der Waals surface area contributed by atoms with Crippen LogP contribution in [-0.4, -0.2) is 28.3 Å². The summed E-state index contributed by atoms with van der Waals surface area (Å²) in [6.45, 7) is 0.257. The number of amides is 2. The number of aromatic nitrogens is 2. The van der Waals surface area contributed by atoms with E-state index in [2.05, 4.69) is 20.6 Å². The predicted octanol–water partition coefficient (Wildman–Crippen LogP) is 2.32. The van der Waals surface area contributed by atoms with Gasteiger partial charge in [-0.25, -0.2) is 4.98 Å². The molecule has 2 amide bonds. The molecular formula is C17H16N4O2. The third kappa shape index (κ3) is 3.74. The van der Waals surface area contributed by atoms with E-state index in [0.717, 1.165) is 10.9 Å². The third-order valence-electron chi connectivity index (χ3n) is 3.34. The molecule has 0 saturated carbocycles. The van der Waals surface area contributed by atoms with E-state index in [4.69, 9.17) is 0 Å². The number of rotatable bonds is 5. The lowest BCUT2D eigenvalue weighted by Gasteiger charge is -2.05. The number of benzene rings is 1. The fourth-order valence-corrected chi connectivity index (χ4v) is 2.22. The topological polar surface area (TPSA) is 86.9 Å². The molecule has 0 bridgehead atoms. The van der Waals surface area contributed by atoms with Gasteiger partial charge >= 0.3 is 0 Å². The van der Waals surface area contributed by atoms with Gasteiger partial charge in [0.05, 0.1) is 0 Å². The lowest BCUT2D eigenvalue weighted by atomic mass is 10.2. The molecule has 0 saturated heterocycles. The number of carbonyl (C=O) groups is 2. The van der Waals surface area contributed by atoms with E-state index in [1.807, 2.05) is 24.3 Å². The van der Waals surface area contributed by atoms with E-state index in [1.54, 1.807) is 30.5 Å². The van der Waals surface area contributed by atoms with Crippen LogP contribution in [-0.2, 0) is 4.79 Å². The maximum absolute atomic E-state index is 12.1. The fourth-order valence-electron chi connectivity index (χ4n) is 2.22. The van der Waals surface area contributed by atoms with Crippen LogP contribution in [0.15, 0.2) is 54.7 Å². The molecule has 0 atom stereocenters. The van der Waals surface area contributed by atoms with Crippen LogP contribution < -0.4 is 10.6 Å². The molecule has 116 valence electrons. The van der Waals surface area contributed by atoms with Crippen LogP contribution in [0.3, 0.4) is 0 Å². The Balaban J connectivity index is 1.50. The number of H-pyrrole nitrogens is 1. The molecule has 0 radical (unpaired) electrons. The molecule has 0 spiro atoms. The van der Waals surface area contributed by atoms with Gasteiger partial charge in [-0.2, -0.15) is 0 Å². The molecule has 0 aliphatic carbocycles. The highest BCUT2D eigenvalue weighted by Gasteiger charge is 2.10. The van der Waals surface area contributed by atoms with E-state index in [1.165, 1.54) is 0 Å². The van der Waals surface area contributed by atoms with Crippen LogP contribution in [0.1, 0.15) is 16.9 Å². The number of fused-ring (bicyclic) bond motifs is 1. The zero-order chi connectivity index (χ0) is 16.1. The number of nitrogens with zero attached hydrogens (tertiary/aromatic N) is 1. The van der Waals surface area contributed by atoms with Crippen LogP contribution in [0.25, 0.3) is 10.9 Å². The number of nitrogens with one attached hydrogen (secondary N) is 3. The van der Waals surface area contributed by atoms with Gasteiger partial charge in [0.15, 0.2) is 0 Å². The van der Waals surface area contributed by atoms with Crippen molar-refractivity contribution in [1.82, 2.24) is 15.3 Å². The van der Waals surface area contributed by atoms with Crippen LogP contribution >= 0.6 is 0 Å². The summed E-state index contributed by atoms with van der Waals surface area (Å²) < 4.78 is 0. The smallest absolute Gasteiger partial charge is 0.267 e. The van der Waals surface area contributed by atoms with Gasteiger partial charge in [-0.1, -0.05) is 24.3 Å². The normalized spacial score (nSPS) is 10.4. The molecule has 6 nitrogen and oxygen atoms in total. The Hall–Kier alpha value is -3.15. The molecule has 3 N–H and O–H groups in total. The second-order valence-corrected chi connectivity index (χ2v) is 5.04. The van der Waals surface area contributed by atoms with E-state index >= 15 is 0 Å². The molecule has 2 heterocycles. The maximum atomic E-state index is 12.1. The molecule has 0 unspecified atom stereocenters. The van der Waals surface area contributed by atoms with Gasteiger partial charge in [0.25, 0.3) is 5.91 Å². The number of aromatic amines is 1. The van der Waals surface area contributed by atoms with Crippen molar-refractivity contribution in [3.8, 4) is 0 Å². The molecule has 6 heteroatoms. The molecule has 0 fully saturated rings. The molecule has 0 aliphatic rings. The molecule has 3 rings (SSSR count). The lowest BCUT2D eigenvalue weighted by molar-refractivity contribution is -0.116. The highest BCUT2D eigenvalue weighted by molar-refractivity contribution is 5.98. The summed E-state index contributed by atoms with van der Waals surface area (Å²) in [5.74, 6) is 0.0759. The Kier molecular flexibility index (Phi) is 4.33. The van der Waals surface area contributed by atoms with Crippen molar-refractivity contribution < 1.29 is 9.59 Å². The van der Waals surface area contributed by atoms with E-state index in [0.29, 0.717) is 11.5 Å². The molecule has 2 aromatic heterocycles. The second-order valence-electron chi connectivity index (χ2n) is 5.04. The Morgan fingerprint density at radius 3 is 2.70 bits per heavy atom. The first-order valence-corrected chi connectivity index (χ1v) is 7.29. The Labute approximate surface area is 132 Å². The molecular weight excluding hydrogens is 292 g/mol. The first-order chi connectivity index (χ1) is 11.2.